The third-order valence-electron chi connectivity index (χ3n) is 2.88. The number of benzene rings is 1. The van der Waals surface area contributed by atoms with E-state index in [2.05, 4.69) is 20.7 Å². The fourth-order valence-electron chi connectivity index (χ4n) is 1.98. The molecule has 6 heteroatoms. The molecule has 2 rings (SSSR count). The molecule has 20 heavy (non-hydrogen) atoms. The van der Waals surface area contributed by atoms with Crippen LogP contribution >= 0.6 is 0 Å². The van der Waals surface area contributed by atoms with E-state index in [4.69, 9.17) is 5.84 Å². The first-order valence-corrected chi connectivity index (χ1v) is 6.45. The number of aliphatic hydroxyl groups excluding tert-OH is 1. The van der Waals surface area contributed by atoms with Crippen LogP contribution in [-0.4, -0.2) is 27.7 Å². The number of nitrogens with two attached hydrogens (primary N) is 1. The van der Waals surface area contributed by atoms with Gasteiger partial charge in [0, 0.05) is 6.07 Å². The molecule has 0 saturated heterocycles. The number of hydrogen-bond acceptors (Lipinski definition) is 6. The number of hydrazine groups is 1. The number of nitrogens with one attached hydrogen (secondary N) is 2. The lowest BCUT2D eigenvalue weighted by Gasteiger charge is -2.17. The number of nitrogen functional groups attached to an aromatic ring is 1. The molecule has 5 N–H and O–H groups in total. The zero-order valence-electron chi connectivity index (χ0n) is 11.4. The number of aliphatic hydroxyl groups is 1. The van der Waals surface area contributed by atoms with Crippen molar-refractivity contribution < 1.29 is 5.11 Å². The smallest absolute Gasteiger partial charge is 0.145 e. The van der Waals surface area contributed by atoms with E-state index in [1.54, 1.807) is 13.0 Å². The van der Waals surface area contributed by atoms with Crippen LogP contribution in [0.4, 0.5) is 11.6 Å². The summed E-state index contributed by atoms with van der Waals surface area (Å²) in [7, 11) is 0. The average molecular weight is 273 g/mol. The zero-order valence-corrected chi connectivity index (χ0v) is 11.4. The van der Waals surface area contributed by atoms with Gasteiger partial charge in [-0.1, -0.05) is 30.3 Å². The molecule has 0 aliphatic carbocycles. The second-order valence-corrected chi connectivity index (χ2v) is 4.54. The molecule has 1 unspecified atom stereocenters. The van der Waals surface area contributed by atoms with Crippen molar-refractivity contribution in [3.8, 4) is 0 Å². The van der Waals surface area contributed by atoms with E-state index in [1.807, 2.05) is 30.3 Å². The Hall–Kier alpha value is -2.18. The largest absolute Gasteiger partial charge is 0.394 e. The van der Waals surface area contributed by atoms with Gasteiger partial charge in [-0.05, 0) is 18.9 Å². The van der Waals surface area contributed by atoms with Crippen LogP contribution in [0.25, 0.3) is 0 Å². The van der Waals surface area contributed by atoms with E-state index in [9.17, 15) is 5.11 Å². The SMILES string of the molecule is Cc1nc(NN)cc(NC(CO)Cc2ccccc2)n1. The number of hydrogen-bond donors (Lipinski definition) is 4. The molecular formula is C14H19N5O. The normalized spacial score (nSPS) is 11.9. The lowest BCUT2D eigenvalue weighted by Crippen LogP contribution is -2.27. The van der Waals surface area contributed by atoms with Crippen molar-refractivity contribution in [2.24, 2.45) is 5.84 Å². The van der Waals surface area contributed by atoms with Crippen molar-refractivity contribution in [3.63, 3.8) is 0 Å². The standard InChI is InChI=1S/C14H19N5O/c1-10-16-13(8-14(17-10)19-15)18-12(9-20)7-11-5-3-2-4-6-11/h2-6,8,12,20H,7,9,15H2,1H3,(H2,16,17,18,19). The van der Waals surface area contributed by atoms with Crippen LogP contribution in [0, 0.1) is 6.92 Å². The summed E-state index contributed by atoms with van der Waals surface area (Å²) < 4.78 is 0. The number of anilines is 2. The quantitative estimate of drug-likeness (QED) is 0.465. The van der Waals surface area contributed by atoms with Crippen molar-refractivity contribution in [2.45, 2.75) is 19.4 Å². The molecule has 0 bridgehead atoms. The van der Waals surface area contributed by atoms with Gasteiger partial charge >= 0.3 is 0 Å². The van der Waals surface area contributed by atoms with Gasteiger partial charge in [-0.15, -0.1) is 0 Å². The van der Waals surface area contributed by atoms with Crippen LogP contribution in [0.2, 0.25) is 0 Å². The minimum atomic E-state index is -0.114. The molecule has 0 spiro atoms. The summed E-state index contributed by atoms with van der Waals surface area (Å²) in [6.07, 6.45) is 0.714. The summed E-state index contributed by atoms with van der Waals surface area (Å²) in [4.78, 5) is 8.40. The highest BCUT2D eigenvalue weighted by atomic mass is 16.3. The molecule has 0 radical (unpaired) electrons. The van der Waals surface area contributed by atoms with Crippen LogP contribution in [0.1, 0.15) is 11.4 Å². The van der Waals surface area contributed by atoms with E-state index in [1.165, 1.54) is 0 Å². The Kier molecular flexibility index (Phi) is 4.86. The lowest BCUT2D eigenvalue weighted by molar-refractivity contribution is 0.273. The molecule has 1 aromatic carbocycles. The molecular weight excluding hydrogens is 254 g/mol. The third-order valence-corrected chi connectivity index (χ3v) is 2.88. The summed E-state index contributed by atoms with van der Waals surface area (Å²) in [5.41, 5.74) is 3.65. The first-order chi connectivity index (χ1) is 9.71. The van der Waals surface area contributed by atoms with Crippen molar-refractivity contribution in [1.82, 2.24) is 9.97 Å². The molecule has 106 valence electrons. The molecule has 0 aliphatic rings. The zero-order chi connectivity index (χ0) is 14.4. The van der Waals surface area contributed by atoms with E-state index in [0.29, 0.717) is 23.9 Å². The van der Waals surface area contributed by atoms with E-state index < -0.39 is 0 Å². The van der Waals surface area contributed by atoms with Gasteiger partial charge in [0.2, 0.25) is 0 Å². The predicted molar refractivity (Wildman–Crippen MR) is 79.2 cm³/mol. The number of aryl methyl sites for hydroxylation is 1. The van der Waals surface area contributed by atoms with Gasteiger partial charge in [0.05, 0.1) is 12.6 Å². The van der Waals surface area contributed by atoms with Crippen molar-refractivity contribution in [2.75, 3.05) is 17.3 Å². The maximum absolute atomic E-state index is 9.50. The second kappa shape index (κ2) is 6.83. The molecule has 1 atom stereocenters. The van der Waals surface area contributed by atoms with Crippen LogP contribution in [0.5, 0.6) is 0 Å². The Balaban J connectivity index is 2.08. The van der Waals surface area contributed by atoms with E-state index in [0.717, 1.165) is 5.56 Å². The lowest BCUT2D eigenvalue weighted by atomic mass is 10.1. The average Bonchev–Trinajstić information content (AvgIpc) is 2.47. The number of aromatic nitrogens is 2. The molecule has 2 aromatic rings. The fourth-order valence-corrected chi connectivity index (χ4v) is 1.98. The van der Waals surface area contributed by atoms with E-state index >= 15 is 0 Å². The van der Waals surface area contributed by atoms with Gasteiger partial charge in [0.25, 0.3) is 0 Å². The van der Waals surface area contributed by atoms with Gasteiger partial charge in [0.1, 0.15) is 17.5 Å². The Bertz CT molecular complexity index is 547. The van der Waals surface area contributed by atoms with Crippen LogP contribution in [0.15, 0.2) is 36.4 Å². The first kappa shape index (κ1) is 14.2. The Labute approximate surface area is 118 Å². The highest BCUT2D eigenvalue weighted by Crippen LogP contribution is 2.13. The highest BCUT2D eigenvalue weighted by Gasteiger charge is 2.10. The van der Waals surface area contributed by atoms with Crippen LogP contribution in [-0.2, 0) is 6.42 Å². The molecule has 0 aliphatic heterocycles. The van der Waals surface area contributed by atoms with Gasteiger partial charge in [-0.3, -0.25) is 0 Å². The fraction of sp³-hybridized carbons (Fsp3) is 0.286. The van der Waals surface area contributed by atoms with Gasteiger partial charge in [0.15, 0.2) is 0 Å². The maximum Gasteiger partial charge on any atom is 0.145 e. The van der Waals surface area contributed by atoms with Crippen molar-refractivity contribution in [1.29, 1.82) is 0 Å². The topological polar surface area (TPSA) is 96.1 Å². The molecule has 0 fully saturated rings. The van der Waals surface area contributed by atoms with Gasteiger partial charge in [-0.2, -0.15) is 0 Å². The molecule has 1 heterocycles. The number of nitrogens with zero attached hydrogens (tertiary/aromatic N) is 2. The highest BCUT2D eigenvalue weighted by molar-refractivity contribution is 5.47. The Morgan fingerprint density at radius 3 is 2.55 bits per heavy atom. The first-order valence-electron chi connectivity index (χ1n) is 6.45. The summed E-state index contributed by atoms with van der Waals surface area (Å²) in [6, 6.07) is 11.6. The van der Waals surface area contributed by atoms with Crippen molar-refractivity contribution >= 4 is 11.6 Å². The van der Waals surface area contributed by atoms with Gasteiger partial charge < -0.3 is 15.8 Å². The summed E-state index contributed by atoms with van der Waals surface area (Å²) >= 11 is 0. The minimum absolute atomic E-state index is 0.0172. The van der Waals surface area contributed by atoms with Gasteiger partial charge in [-0.25, -0.2) is 15.8 Å². The monoisotopic (exact) mass is 273 g/mol. The Morgan fingerprint density at radius 2 is 1.90 bits per heavy atom. The minimum Gasteiger partial charge on any atom is -0.394 e. The third kappa shape index (κ3) is 3.91. The summed E-state index contributed by atoms with van der Waals surface area (Å²) in [6.45, 7) is 1.81. The van der Waals surface area contributed by atoms with E-state index in [-0.39, 0.29) is 12.6 Å². The number of rotatable bonds is 6. The second-order valence-electron chi connectivity index (χ2n) is 4.54. The van der Waals surface area contributed by atoms with Crippen LogP contribution < -0.4 is 16.6 Å². The summed E-state index contributed by atoms with van der Waals surface area (Å²) in [5, 5.41) is 12.7. The summed E-state index contributed by atoms with van der Waals surface area (Å²) in [5.74, 6) is 7.15. The molecule has 0 saturated carbocycles. The molecule has 0 amide bonds. The van der Waals surface area contributed by atoms with Crippen LogP contribution in [0.3, 0.4) is 0 Å². The molecule has 6 nitrogen and oxygen atoms in total. The predicted octanol–water partition coefficient (Wildman–Crippen LogP) is 1.09. The maximum atomic E-state index is 9.50. The molecule has 1 aromatic heterocycles. The van der Waals surface area contributed by atoms with Crippen molar-refractivity contribution in [3.05, 3.63) is 47.8 Å². The Morgan fingerprint density at radius 1 is 1.20 bits per heavy atom.